The van der Waals surface area contributed by atoms with Gasteiger partial charge >= 0.3 is 6.09 Å². The van der Waals surface area contributed by atoms with Gasteiger partial charge in [-0.3, -0.25) is 4.90 Å². The van der Waals surface area contributed by atoms with Crippen LogP contribution in [0.4, 0.5) is 4.79 Å². The van der Waals surface area contributed by atoms with Crippen LogP contribution < -0.4 is 4.74 Å². The van der Waals surface area contributed by atoms with Crippen LogP contribution in [0.25, 0.3) is 0 Å². The van der Waals surface area contributed by atoms with E-state index in [0.717, 1.165) is 38.2 Å². The standard InChI is InChI=1S/C18H28N2O4/c1-3-4-13-23-18(22)20-11-9-19(10-12-20)14-15(2)24-17-7-5-16(21)6-8-17/h5-8,15,21H,3-4,9-14H2,1-2H3/t15-/m0/s1. The molecule has 1 fully saturated rings. The molecule has 1 amide bonds. The molecule has 24 heavy (non-hydrogen) atoms. The molecule has 1 saturated heterocycles. The van der Waals surface area contributed by atoms with Gasteiger partial charge < -0.3 is 19.5 Å². The number of amides is 1. The van der Waals surface area contributed by atoms with Gasteiger partial charge in [-0.15, -0.1) is 0 Å². The van der Waals surface area contributed by atoms with Crippen LogP contribution in [-0.4, -0.2) is 66.4 Å². The van der Waals surface area contributed by atoms with E-state index < -0.39 is 0 Å². The number of piperazine rings is 1. The first-order valence-electron chi connectivity index (χ1n) is 8.68. The van der Waals surface area contributed by atoms with Crippen LogP contribution in [0.5, 0.6) is 11.5 Å². The number of nitrogens with zero attached hydrogens (tertiary/aromatic N) is 2. The maximum atomic E-state index is 11.9. The van der Waals surface area contributed by atoms with Crippen molar-refractivity contribution in [1.29, 1.82) is 0 Å². The second-order valence-corrected chi connectivity index (χ2v) is 6.18. The number of ether oxygens (including phenoxy) is 2. The van der Waals surface area contributed by atoms with E-state index in [1.54, 1.807) is 29.2 Å². The van der Waals surface area contributed by atoms with Crippen molar-refractivity contribution in [2.45, 2.75) is 32.8 Å². The molecular weight excluding hydrogens is 308 g/mol. The first-order valence-corrected chi connectivity index (χ1v) is 8.68. The molecule has 0 aliphatic carbocycles. The van der Waals surface area contributed by atoms with Crippen molar-refractivity contribution in [2.24, 2.45) is 0 Å². The summed E-state index contributed by atoms with van der Waals surface area (Å²) in [6.07, 6.45) is 1.78. The van der Waals surface area contributed by atoms with Crippen molar-refractivity contribution in [2.75, 3.05) is 39.3 Å². The zero-order chi connectivity index (χ0) is 17.4. The Morgan fingerprint density at radius 2 is 1.88 bits per heavy atom. The predicted molar refractivity (Wildman–Crippen MR) is 92.5 cm³/mol. The summed E-state index contributed by atoms with van der Waals surface area (Å²) < 4.78 is 11.1. The van der Waals surface area contributed by atoms with Crippen LogP contribution in [-0.2, 0) is 4.74 Å². The molecule has 0 spiro atoms. The monoisotopic (exact) mass is 336 g/mol. The molecule has 1 aliphatic rings. The fourth-order valence-corrected chi connectivity index (χ4v) is 2.67. The number of rotatable bonds is 7. The van der Waals surface area contributed by atoms with E-state index in [4.69, 9.17) is 9.47 Å². The van der Waals surface area contributed by atoms with Gasteiger partial charge in [0.2, 0.25) is 0 Å². The zero-order valence-corrected chi connectivity index (χ0v) is 14.6. The average Bonchev–Trinajstić information content (AvgIpc) is 2.58. The summed E-state index contributed by atoms with van der Waals surface area (Å²) in [5, 5.41) is 9.28. The van der Waals surface area contributed by atoms with Crippen molar-refractivity contribution in [1.82, 2.24) is 9.80 Å². The fraction of sp³-hybridized carbons (Fsp3) is 0.611. The third kappa shape index (κ3) is 5.92. The average molecular weight is 336 g/mol. The van der Waals surface area contributed by atoms with E-state index >= 15 is 0 Å². The van der Waals surface area contributed by atoms with Crippen molar-refractivity contribution in [3.8, 4) is 11.5 Å². The highest BCUT2D eigenvalue weighted by Gasteiger charge is 2.23. The molecule has 134 valence electrons. The molecule has 1 aliphatic heterocycles. The van der Waals surface area contributed by atoms with Gasteiger partial charge in [0.1, 0.15) is 17.6 Å². The quantitative estimate of drug-likeness (QED) is 0.776. The Morgan fingerprint density at radius 3 is 2.50 bits per heavy atom. The summed E-state index contributed by atoms with van der Waals surface area (Å²) in [4.78, 5) is 16.0. The van der Waals surface area contributed by atoms with Crippen molar-refractivity contribution < 1.29 is 19.4 Å². The summed E-state index contributed by atoms with van der Waals surface area (Å²) in [7, 11) is 0. The third-order valence-electron chi connectivity index (χ3n) is 4.04. The van der Waals surface area contributed by atoms with E-state index in [0.29, 0.717) is 19.7 Å². The summed E-state index contributed by atoms with van der Waals surface area (Å²) in [6.45, 7) is 8.45. The molecule has 1 aromatic rings. The molecule has 0 bridgehead atoms. The SMILES string of the molecule is CCCCOC(=O)N1CCN(C[C@H](C)Oc2ccc(O)cc2)CC1. The number of benzene rings is 1. The molecule has 0 radical (unpaired) electrons. The minimum atomic E-state index is -0.198. The largest absolute Gasteiger partial charge is 0.508 e. The number of aromatic hydroxyl groups is 1. The number of carbonyl (C=O) groups is 1. The smallest absolute Gasteiger partial charge is 0.409 e. The second kappa shape index (κ2) is 9.37. The Kier molecular flexibility index (Phi) is 7.18. The Morgan fingerprint density at radius 1 is 1.21 bits per heavy atom. The van der Waals surface area contributed by atoms with Crippen LogP contribution in [0.2, 0.25) is 0 Å². The Hall–Kier alpha value is -1.95. The first kappa shape index (κ1) is 18.4. The van der Waals surface area contributed by atoms with E-state index in [1.165, 1.54) is 0 Å². The lowest BCUT2D eigenvalue weighted by Gasteiger charge is -2.35. The molecule has 0 unspecified atom stereocenters. The zero-order valence-electron chi connectivity index (χ0n) is 14.6. The second-order valence-electron chi connectivity index (χ2n) is 6.18. The van der Waals surface area contributed by atoms with Gasteiger partial charge in [0.25, 0.3) is 0 Å². The van der Waals surface area contributed by atoms with Crippen LogP contribution in [0.1, 0.15) is 26.7 Å². The highest BCUT2D eigenvalue weighted by atomic mass is 16.6. The molecule has 1 aromatic carbocycles. The van der Waals surface area contributed by atoms with Gasteiger partial charge in [-0.25, -0.2) is 4.79 Å². The van der Waals surface area contributed by atoms with Crippen LogP contribution in [0, 0.1) is 0 Å². The lowest BCUT2D eigenvalue weighted by molar-refractivity contribution is 0.0636. The molecule has 0 saturated carbocycles. The lowest BCUT2D eigenvalue weighted by Crippen LogP contribution is -2.50. The minimum Gasteiger partial charge on any atom is -0.508 e. The molecule has 1 atom stereocenters. The summed E-state index contributed by atoms with van der Waals surface area (Å²) >= 11 is 0. The van der Waals surface area contributed by atoms with Crippen molar-refractivity contribution in [3.63, 3.8) is 0 Å². The Labute approximate surface area is 144 Å². The Bertz CT molecular complexity index is 498. The molecule has 2 rings (SSSR count). The van der Waals surface area contributed by atoms with Gasteiger partial charge in [0.15, 0.2) is 0 Å². The maximum absolute atomic E-state index is 11.9. The number of carbonyl (C=O) groups excluding carboxylic acids is 1. The molecule has 1 heterocycles. The molecule has 1 N–H and O–H groups in total. The maximum Gasteiger partial charge on any atom is 0.409 e. The predicted octanol–water partition coefficient (Wildman–Crippen LogP) is 2.71. The molecule has 6 nitrogen and oxygen atoms in total. The van der Waals surface area contributed by atoms with Crippen molar-refractivity contribution in [3.05, 3.63) is 24.3 Å². The number of unbranched alkanes of at least 4 members (excludes halogenated alkanes) is 1. The highest BCUT2D eigenvalue weighted by Crippen LogP contribution is 2.17. The van der Waals surface area contributed by atoms with Gasteiger partial charge in [0, 0.05) is 32.7 Å². The highest BCUT2D eigenvalue weighted by molar-refractivity contribution is 5.67. The molecule has 6 heteroatoms. The van der Waals surface area contributed by atoms with Crippen LogP contribution in [0.15, 0.2) is 24.3 Å². The Balaban J connectivity index is 1.68. The van der Waals surface area contributed by atoms with Crippen molar-refractivity contribution >= 4 is 6.09 Å². The molecule has 0 aromatic heterocycles. The van der Waals surface area contributed by atoms with E-state index in [2.05, 4.69) is 11.8 Å². The van der Waals surface area contributed by atoms with E-state index in [1.807, 2.05) is 6.92 Å². The minimum absolute atomic E-state index is 0.0394. The van der Waals surface area contributed by atoms with Gasteiger partial charge in [0.05, 0.1) is 6.61 Å². The lowest BCUT2D eigenvalue weighted by atomic mass is 10.2. The van der Waals surface area contributed by atoms with Gasteiger partial charge in [-0.1, -0.05) is 13.3 Å². The summed E-state index contributed by atoms with van der Waals surface area (Å²) in [5.74, 6) is 0.982. The normalized spacial score (nSPS) is 16.7. The van der Waals surface area contributed by atoms with E-state index in [9.17, 15) is 9.90 Å². The number of hydrogen-bond donors (Lipinski definition) is 1. The summed E-state index contributed by atoms with van der Waals surface area (Å²) in [5.41, 5.74) is 0. The van der Waals surface area contributed by atoms with E-state index in [-0.39, 0.29) is 17.9 Å². The van der Waals surface area contributed by atoms with Gasteiger partial charge in [-0.2, -0.15) is 0 Å². The fourth-order valence-electron chi connectivity index (χ4n) is 2.67. The molecular formula is C18H28N2O4. The van der Waals surface area contributed by atoms with Crippen LogP contribution >= 0.6 is 0 Å². The van der Waals surface area contributed by atoms with Crippen LogP contribution in [0.3, 0.4) is 0 Å². The van der Waals surface area contributed by atoms with Gasteiger partial charge in [-0.05, 0) is 37.6 Å². The third-order valence-corrected chi connectivity index (χ3v) is 4.04. The first-order chi connectivity index (χ1) is 11.6. The number of phenolic OH excluding ortho intramolecular Hbond substituents is 1. The number of phenols is 1. The summed E-state index contributed by atoms with van der Waals surface area (Å²) in [6, 6.07) is 6.75. The number of hydrogen-bond acceptors (Lipinski definition) is 5. The topological polar surface area (TPSA) is 62.2 Å².